The molecule has 1 atom stereocenters. The van der Waals surface area contributed by atoms with Gasteiger partial charge in [-0.2, -0.15) is 0 Å². The van der Waals surface area contributed by atoms with Crippen LogP contribution in [0.4, 0.5) is 5.69 Å². The number of nitrogens with zero attached hydrogens (tertiary/aromatic N) is 1. The van der Waals surface area contributed by atoms with Crippen molar-refractivity contribution in [2.45, 2.75) is 26.8 Å². The molecule has 0 aliphatic heterocycles. The van der Waals surface area contributed by atoms with Gasteiger partial charge < -0.3 is 10.2 Å². The number of aryl methyl sites for hydroxylation is 3. The van der Waals surface area contributed by atoms with Crippen LogP contribution in [0.3, 0.4) is 0 Å². The maximum atomic E-state index is 3.44. The molecule has 1 unspecified atom stereocenters. The Hall–Kier alpha value is -1.80. The van der Waals surface area contributed by atoms with E-state index < -0.39 is 0 Å². The van der Waals surface area contributed by atoms with E-state index in [1.165, 1.54) is 27.9 Å². The van der Waals surface area contributed by atoms with Crippen molar-refractivity contribution in [1.29, 1.82) is 0 Å². The standard InChI is InChI=1S/C19H26N2/c1-14-6-8-18(9-7-14)21(5)13-19(20-4)17-11-15(2)10-16(3)12-17/h6-12,19-20H,13H2,1-5H3. The minimum Gasteiger partial charge on any atom is -0.373 e. The minimum atomic E-state index is 0.329. The van der Waals surface area contributed by atoms with Gasteiger partial charge in [0.15, 0.2) is 0 Å². The summed E-state index contributed by atoms with van der Waals surface area (Å²) in [5, 5.41) is 3.44. The molecule has 0 amide bonds. The van der Waals surface area contributed by atoms with Crippen molar-refractivity contribution in [3.05, 3.63) is 64.7 Å². The molecular weight excluding hydrogens is 256 g/mol. The lowest BCUT2D eigenvalue weighted by Crippen LogP contribution is -2.31. The van der Waals surface area contributed by atoms with E-state index in [9.17, 15) is 0 Å². The summed E-state index contributed by atoms with van der Waals surface area (Å²) in [7, 11) is 4.18. The molecule has 0 saturated carbocycles. The maximum absolute atomic E-state index is 3.44. The summed E-state index contributed by atoms with van der Waals surface area (Å²) < 4.78 is 0. The molecule has 2 aromatic rings. The number of rotatable bonds is 5. The van der Waals surface area contributed by atoms with E-state index in [0.717, 1.165) is 6.54 Å². The fourth-order valence-corrected chi connectivity index (χ4v) is 2.75. The normalized spacial score (nSPS) is 12.2. The Morgan fingerprint density at radius 2 is 1.48 bits per heavy atom. The Kier molecular flexibility index (Phi) is 5.03. The third-order valence-corrected chi connectivity index (χ3v) is 3.93. The summed E-state index contributed by atoms with van der Waals surface area (Å²) >= 11 is 0. The maximum Gasteiger partial charge on any atom is 0.0495 e. The van der Waals surface area contributed by atoms with Crippen molar-refractivity contribution in [2.24, 2.45) is 0 Å². The number of nitrogens with one attached hydrogen (secondary N) is 1. The van der Waals surface area contributed by atoms with Crippen LogP contribution in [0.25, 0.3) is 0 Å². The van der Waals surface area contributed by atoms with Gasteiger partial charge in [0.05, 0.1) is 0 Å². The van der Waals surface area contributed by atoms with Crippen molar-refractivity contribution in [1.82, 2.24) is 5.32 Å². The lowest BCUT2D eigenvalue weighted by Gasteiger charge is -2.26. The van der Waals surface area contributed by atoms with E-state index in [-0.39, 0.29) is 0 Å². The molecule has 0 spiro atoms. The molecule has 0 aromatic heterocycles. The van der Waals surface area contributed by atoms with Gasteiger partial charge >= 0.3 is 0 Å². The average Bonchev–Trinajstić information content (AvgIpc) is 2.44. The zero-order valence-corrected chi connectivity index (χ0v) is 13.8. The molecule has 2 rings (SSSR count). The van der Waals surface area contributed by atoms with Crippen LogP contribution in [-0.4, -0.2) is 20.6 Å². The summed E-state index contributed by atoms with van der Waals surface area (Å²) in [6.45, 7) is 7.39. The van der Waals surface area contributed by atoms with Gasteiger partial charge in [-0.25, -0.2) is 0 Å². The summed E-state index contributed by atoms with van der Waals surface area (Å²) in [6, 6.07) is 15.8. The van der Waals surface area contributed by atoms with Crippen molar-refractivity contribution < 1.29 is 0 Å². The first-order valence-electron chi connectivity index (χ1n) is 7.53. The first-order valence-corrected chi connectivity index (χ1v) is 7.53. The topological polar surface area (TPSA) is 15.3 Å². The molecule has 0 fully saturated rings. The lowest BCUT2D eigenvalue weighted by atomic mass is 10.0. The third-order valence-electron chi connectivity index (χ3n) is 3.93. The fourth-order valence-electron chi connectivity index (χ4n) is 2.75. The van der Waals surface area contributed by atoms with Crippen LogP contribution in [0.2, 0.25) is 0 Å². The third kappa shape index (κ3) is 4.08. The van der Waals surface area contributed by atoms with Crippen LogP contribution in [0.1, 0.15) is 28.3 Å². The Balaban J connectivity index is 2.16. The highest BCUT2D eigenvalue weighted by atomic mass is 15.1. The first-order chi connectivity index (χ1) is 9.99. The summed E-state index contributed by atoms with van der Waals surface area (Å²) in [6.07, 6.45) is 0. The van der Waals surface area contributed by atoms with Gasteiger partial charge in [0, 0.05) is 25.3 Å². The summed E-state index contributed by atoms with van der Waals surface area (Å²) in [4.78, 5) is 2.30. The van der Waals surface area contributed by atoms with Gasteiger partial charge in [-0.15, -0.1) is 0 Å². The van der Waals surface area contributed by atoms with E-state index in [1.54, 1.807) is 0 Å². The van der Waals surface area contributed by atoms with E-state index in [4.69, 9.17) is 0 Å². The molecule has 0 aliphatic carbocycles. The fraction of sp³-hybridized carbons (Fsp3) is 0.368. The zero-order chi connectivity index (χ0) is 15.4. The molecule has 2 aromatic carbocycles. The molecule has 0 heterocycles. The Bertz CT molecular complexity index is 567. The minimum absolute atomic E-state index is 0.329. The highest BCUT2D eigenvalue weighted by Gasteiger charge is 2.13. The van der Waals surface area contributed by atoms with Gasteiger partial charge in [0.1, 0.15) is 0 Å². The summed E-state index contributed by atoms with van der Waals surface area (Å²) in [5.74, 6) is 0. The van der Waals surface area contributed by atoms with Gasteiger partial charge in [-0.1, -0.05) is 47.0 Å². The van der Waals surface area contributed by atoms with E-state index in [1.807, 2.05) is 7.05 Å². The molecule has 21 heavy (non-hydrogen) atoms. The molecular formula is C19H26N2. The SMILES string of the molecule is CNC(CN(C)c1ccc(C)cc1)c1cc(C)cc(C)c1. The molecule has 0 radical (unpaired) electrons. The summed E-state index contributed by atoms with van der Waals surface area (Å²) in [5.41, 5.74) is 6.55. The van der Waals surface area contributed by atoms with Gasteiger partial charge in [0.25, 0.3) is 0 Å². The van der Waals surface area contributed by atoms with Crippen LogP contribution >= 0.6 is 0 Å². The first kappa shape index (κ1) is 15.6. The van der Waals surface area contributed by atoms with Crippen LogP contribution in [0, 0.1) is 20.8 Å². The number of hydrogen-bond acceptors (Lipinski definition) is 2. The van der Waals surface area contributed by atoms with Gasteiger partial charge in [-0.05, 0) is 45.5 Å². The van der Waals surface area contributed by atoms with E-state index in [0.29, 0.717) is 6.04 Å². The number of benzene rings is 2. The molecule has 2 nitrogen and oxygen atoms in total. The highest BCUT2D eigenvalue weighted by molar-refractivity contribution is 5.47. The number of anilines is 1. The Morgan fingerprint density at radius 1 is 0.905 bits per heavy atom. The quantitative estimate of drug-likeness (QED) is 0.891. The molecule has 0 bridgehead atoms. The molecule has 0 saturated heterocycles. The number of hydrogen-bond donors (Lipinski definition) is 1. The van der Waals surface area contributed by atoms with Gasteiger partial charge in [0.2, 0.25) is 0 Å². The second-order valence-corrected chi connectivity index (χ2v) is 5.98. The predicted molar refractivity (Wildman–Crippen MR) is 92.2 cm³/mol. The van der Waals surface area contributed by atoms with Crippen molar-refractivity contribution in [3.63, 3.8) is 0 Å². The van der Waals surface area contributed by atoms with Crippen LogP contribution in [0.15, 0.2) is 42.5 Å². The second kappa shape index (κ2) is 6.77. The van der Waals surface area contributed by atoms with Crippen molar-refractivity contribution >= 4 is 5.69 Å². The largest absolute Gasteiger partial charge is 0.373 e. The van der Waals surface area contributed by atoms with Crippen molar-refractivity contribution in [3.8, 4) is 0 Å². The molecule has 2 heteroatoms. The molecule has 0 aliphatic rings. The molecule has 1 N–H and O–H groups in total. The van der Waals surface area contributed by atoms with E-state index >= 15 is 0 Å². The van der Waals surface area contributed by atoms with Crippen LogP contribution in [0.5, 0.6) is 0 Å². The van der Waals surface area contributed by atoms with Crippen LogP contribution in [-0.2, 0) is 0 Å². The monoisotopic (exact) mass is 282 g/mol. The zero-order valence-electron chi connectivity index (χ0n) is 13.8. The Labute approximate surface area is 128 Å². The predicted octanol–water partition coefficient (Wildman–Crippen LogP) is 4.01. The Morgan fingerprint density at radius 3 is 2.00 bits per heavy atom. The smallest absolute Gasteiger partial charge is 0.0495 e. The van der Waals surface area contributed by atoms with Gasteiger partial charge in [-0.3, -0.25) is 0 Å². The second-order valence-electron chi connectivity index (χ2n) is 5.98. The van der Waals surface area contributed by atoms with E-state index in [2.05, 4.69) is 80.5 Å². The van der Waals surface area contributed by atoms with Crippen molar-refractivity contribution in [2.75, 3.05) is 25.5 Å². The molecule has 112 valence electrons. The number of likely N-dealkylation sites (N-methyl/N-ethyl adjacent to an activating group) is 2. The average molecular weight is 282 g/mol. The van der Waals surface area contributed by atoms with Crippen LogP contribution < -0.4 is 10.2 Å². The highest BCUT2D eigenvalue weighted by Crippen LogP contribution is 2.21. The lowest BCUT2D eigenvalue weighted by molar-refractivity contribution is 0.589.